The van der Waals surface area contributed by atoms with Gasteiger partial charge >= 0.3 is 0 Å². The summed E-state index contributed by atoms with van der Waals surface area (Å²) in [6.07, 6.45) is 0.370. The fourth-order valence-corrected chi connectivity index (χ4v) is 4.09. The minimum Gasteiger partial charge on any atom is -0.497 e. The highest BCUT2D eigenvalue weighted by atomic mass is 16.5. The fraction of sp³-hybridized carbons (Fsp3) is 0.320. The number of hydrogen-bond acceptors (Lipinski definition) is 4. The molecule has 4 rings (SSSR count). The van der Waals surface area contributed by atoms with Crippen LogP contribution in [0.2, 0.25) is 0 Å². The molecule has 0 spiro atoms. The van der Waals surface area contributed by atoms with Gasteiger partial charge in [0.25, 0.3) is 0 Å². The molecule has 0 bridgehead atoms. The molecule has 3 aromatic carbocycles. The van der Waals surface area contributed by atoms with Crippen LogP contribution in [0.1, 0.15) is 17.2 Å². The molecule has 0 saturated carbocycles. The second-order valence-corrected chi connectivity index (χ2v) is 7.56. The molecule has 1 fully saturated rings. The quantitative estimate of drug-likeness (QED) is 0.654. The average molecular weight is 405 g/mol. The number of benzene rings is 3. The van der Waals surface area contributed by atoms with E-state index < -0.39 is 0 Å². The Morgan fingerprint density at radius 2 is 1.83 bits per heavy atom. The average Bonchev–Trinajstić information content (AvgIpc) is 2.80. The number of ether oxygens (including phenoxy) is 2. The van der Waals surface area contributed by atoms with Crippen molar-refractivity contribution in [2.45, 2.75) is 12.5 Å². The molecule has 1 aliphatic heterocycles. The molecule has 0 aromatic heterocycles. The number of fused-ring (bicyclic) bond motifs is 1. The van der Waals surface area contributed by atoms with E-state index >= 15 is 0 Å². The lowest BCUT2D eigenvalue weighted by atomic mass is 10.0. The first-order valence-electron chi connectivity index (χ1n) is 10.4. The summed E-state index contributed by atoms with van der Waals surface area (Å²) in [5, 5.41) is 5.46. The summed E-state index contributed by atoms with van der Waals surface area (Å²) in [6.45, 7) is 3.67. The third-order valence-electron chi connectivity index (χ3n) is 5.69. The van der Waals surface area contributed by atoms with Gasteiger partial charge in [-0.3, -0.25) is 9.69 Å². The van der Waals surface area contributed by atoms with Crippen molar-refractivity contribution in [1.82, 2.24) is 10.2 Å². The largest absolute Gasteiger partial charge is 0.497 e. The summed E-state index contributed by atoms with van der Waals surface area (Å²) in [5.41, 5.74) is 2.19. The zero-order valence-corrected chi connectivity index (χ0v) is 17.3. The molecule has 3 aromatic rings. The Balaban J connectivity index is 1.48. The van der Waals surface area contributed by atoms with Crippen LogP contribution in [0.3, 0.4) is 0 Å². The van der Waals surface area contributed by atoms with Crippen molar-refractivity contribution >= 4 is 16.7 Å². The first-order chi connectivity index (χ1) is 14.7. The standard InChI is InChI=1S/C25H28N2O3/c1-29-22-10-5-9-21(16-22)24(27-12-14-30-15-13-27)18-26-25(28)17-20-8-4-7-19-6-2-3-11-23(19)20/h2-11,16,24H,12-15,17-18H2,1H3,(H,26,28). The normalized spacial score (nSPS) is 15.6. The summed E-state index contributed by atoms with van der Waals surface area (Å²) >= 11 is 0. The number of amides is 1. The molecule has 0 radical (unpaired) electrons. The fourth-order valence-electron chi connectivity index (χ4n) is 4.09. The molecule has 1 atom stereocenters. The van der Waals surface area contributed by atoms with E-state index in [1.807, 2.05) is 36.4 Å². The number of rotatable bonds is 7. The van der Waals surface area contributed by atoms with Crippen molar-refractivity contribution in [3.8, 4) is 5.75 Å². The molecule has 1 heterocycles. The van der Waals surface area contributed by atoms with Crippen molar-refractivity contribution in [3.05, 3.63) is 77.9 Å². The summed E-state index contributed by atoms with van der Waals surface area (Å²) in [4.78, 5) is 15.2. The molecular weight excluding hydrogens is 376 g/mol. The van der Waals surface area contributed by atoms with E-state index in [0.29, 0.717) is 26.2 Å². The molecule has 0 aliphatic carbocycles. The SMILES string of the molecule is COc1cccc(C(CNC(=O)Cc2cccc3ccccc23)N2CCOCC2)c1. The Labute approximate surface area is 177 Å². The maximum absolute atomic E-state index is 12.8. The van der Waals surface area contributed by atoms with Crippen LogP contribution in [0.25, 0.3) is 10.8 Å². The summed E-state index contributed by atoms with van der Waals surface area (Å²) in [6, 6.07) is 22.5. The highest BCUT2D eigenvalue weighted by molar-refractivity contribution is 5.90. The summed E-state index contributed by atoms with van der Waals surface area (Å²) in [7, 11) is 1.68. The maximum atomic E-state index is 12.8. The third kappa shape index (κ3) is 4.81. The van der Waals surface area contributed by atoms with Gasteiger partial charge in [0.05, 0.1) is 32.8 Å². The summed E-state index contributed by atoms with van der Waals surface area (Å²) < 4.78 is 10.9. The minimum atomic E-state index is 0.0347. The number of methoxy groups -OCH3 is 1. The molecule has 30 heavy (non-hydrogen) atoms. The highest BCUT2D eigenvalue weighted by Gasteiger charge is 2.23. The predicted molar refractivity (Wildman–Crippen MR) is 119 cm³/mol. The topological polar surface area (TPSA) is 50.8 Å². The van der Waals surface area contributed by atoms with Gasteiger partial charge in [-0.05, 0) is 34.0 Å². The Hall–Kier alpha value is -2.89. The van der Waals surface area contributed by atoms with Gasteiger partial charge in [-0.25, -0.2) is 0 Å². The monoisotopic (exact) mass is 404 g/mol. The number of morpholine rings is 1. The van der Waals surface area contributed by atoms with Crippen LogP contribution in [0.5, 0.6) is 5.75 Å². The number of nitrogens with one attached hydrogen (secondary N) is 1. The van der Waals surface area contributed by atoms with Crippen molar-refractivity contribution < 1.29 is 14.3 Å². The van der Waals surface area contributed by atoms with E-state index in [0.717, 1.165) is 40.7 Å². The van der Waals surface area contributed by atoms with Gasteiger partial charge in [-0.15, -0.1) is 0 Å². The first-order valence-corrected chi connectivity index (χ1v) is 10.4. The zero-order valence-electron chi connectivity index (χ0n) is 17.3. The predicted octanol–water partition coefficient (Wildman–Crippen LogP) is 3.58. The van der Waals surface area contributed by atoms with Gasteiger partial charge in [-0.2, -0.15) is 0 Å². The Bertz CT molecular complexity index is 993. The molecule has 156 valence electrons. The van der Waals surface area contributed by atoms with E-state index in [2.05, 4.69) is 40.5 Å². The van der Waals surface area contributed by atoms with Crippen molar-refractivity contribution in [2.75, 3.05) is 40.0 Å². The molecular formula is C25H28N2O3. The van der Waals surface area contributed by atoms with Crippen LogP contribution < -0.4 is 10.1 Å². The minimum absolute atomic E-state index is 0.0347. The van der Waals surface area contributed by atoms with E-state index in [4.69, 9.17) is 9.47 Å². The maximum Gasteiger partial charge on any atom is 0.224 e. The van der Waals surface area contributed by atoms with Gasteiger partial charge < -0.3 is 14.8 Å². The van der Waals surface area contributed by atoms with Crippen LogP contribution in [-0.4, -0.2) is 50.8 Å². The van der Waals surface area contributed by atoms with E-state index in [9.17, 15) is 4.79 Å². The molecule has 1 aliphatic rings. The van der Waals surface area contributed by atoms with Crippen LogP contribution in [0.4, 0.5) is 0 Å². The van der Waals surface area contributed by atoms with Gasteiger partial charge in [0.1, 0.15) is 5.75 Å². The van der Waals surface area contributed by atoms with E-state index in [1.54, 1.807) is 7.11 Å². The van der Waals surface area contributed by atoms with Gasteiger partial charge in [0.15, 0.2) is 0 Å². The van der Waals surface area contributed by atoms with Crippen LogP contribution in [-0.2, 0) is 16.0 Å². The van der Waals surface area contributed by atoms with Crippen molar-refractivity contribution in [3.63, 3.8) is 0 Å². The highest BCUT2D eigenvalue weighted by Crippen LogP contribution is 2.25. The third-order valence-corrected chi connectivity index (χ3v) is 5.69. The van der Waals surface area contributed by atoms with E-state index in [1.165, 1.54) is 0 Å². The molecule has 5 nitrogen and oxygen atoms in total. The van der Waals surface area contributed by atoms with Crippen molar-refractivity contribution in [2.24, 2.45) is 0 Å². The van der Waals surface area contributed by atoms with Gasteiger partial charge in [0, 0.05) is 19.6 Å². The Kier molecular flexibility index (Phi) is 6.62. The van der Waals surface area contributed by atoms with Gasteiger partial charge in [-0.1, -0.05) is 54.6 Å². The molecule has 5 heteroatoms. The second kappa shape index (κ2) is 9.74. The van der Waals surface area contributed by atoms with Crippen LogP contribution in [0.15, 0.2) is 66.7 Å². The number of carbonyl (C=O) groups excluding carboxylic acids is 1. The smallest absolute Gasteiger partial charge is 0.224 e. The first kappa shape index (κ1) is 20.4. The number of nitrogens with zero attached hydrogens (tertiary/aromatic N) is 1. The number of hydrogen-bond donors (Lipinski definition) is 1. The Morgan fingerprint density at radius 3 is 2.67 bits per heavy atom. The molecule has 1 amide bonds. The second-order valence-electron chi connectivity index (χ2n) is 7.56. The lowest BCUT2D eigenvalue weighted by molar-refractivity contribution is -0.120. The molecule has 1 unspecified atom stereocenters. The lowest BCUT2D eigenvalue weighted by Crippen LogP contribution is -2.44. The van der Waals surface area contributed by atoms with Gasteiger partial charge in [0.2, 0.25) is 5.91 Å². The van der Waals surface area contributed by atoms with Crippen LogP contribution in [0, 0.1) is 0 Å². The Morgan fingerprint density at radius 1 is 1.07 bits per heavy atom. The van der Waals surface area contributed by atoms with Crippen LogP contribution >= 0.6 is 0 Å². The lowest BCUT2D eigenvalue weighted by Gasteiger charge is -2.35. The molecule has 1 saturated heterocycles. The zero-order chi connectivity index (χ0) is 20.8. The van der Waals surface area contributed by atoms with Crippen molar-refractivity contribution in [1.29, 1.82) is 0 Å². The summed E-state index contributed by atoms with van der Waals surface area (Å²) in [5.74, 6) is 0.861. The van der Waals surface area contributed by atoms with E-state index in [-0.39, 0.29) is 11.9 Å². The number of carbonyl (C=O) groups is 1. The molecule has 1 N–H and O–H groups in total.